The summed E-state index contributed by atoms with van der Waals surface area (Å²) in [7, 11) is -1.79. The lowest BCUT2D eigenvalue weighted by molar-refractivity contribution is 0.236. The van der Waals surface area contributed by atoms with Crippen molar-refractivity contribution in [3.8, 4) is 6.07 Å². The zero-order chi connectivity index (χ0) is 8.74. The molecule has 5 heteroatoms. The van der Waals surface area contributed by atoms with Crippen LogP contribution in [0.1, 0.15) is 13.3 Å². The fourth-order valence-corrected chi connectivity index (χ4v) is 1.44. The van der Waals surface area contributed by atoms with Crippen molar-refractivity contribution in [3.05, 3.63) is 0 Å². The molecule has 0 saturated heterocycles. The molecule has 0 aromatic carbocycles. The minimum atomic E-state index is -3.08. The Morgan fingerprint density at radius 3 is 2.64 bits per heavy atom. The molecule has 0 bridgehead atoms. The maximum absolute atomic E-state index is 11.3. The minimum Gasteiger partial charge on any atom is -0.311 e. The highest BCUT2D eigenvalue weighted by molar-refractivity contribution is 7.54. The van der Waals surface area contributed by atoms with Gasteiger partial charge in [0.25, 0.3) is 0 Å². The molecule has 0 aliphatic heterocycles. The number of nitrogens with zero attached hydrogens (tertiary/aromatic N) is 1. The van der Waals surface area contributed by atoms with Crippen LogP contribution in [0.4, 0.5) is 0 Å². The van der Waals surface area contributed by atoms with Gasteiger partial charge in [-0.15, -0.1) is 0 Å². The van der Waals surface area contributed by atoms with Crippen molar-refractivity contribution in [2.75, 3.05) is 19.9 Å². The molecule has 1 unspecified atom stereocenters. The molecule has 64 valence electrons. The summed E-state index contributed by atoms with van der Waals surface area (Å²) in [4.78, 5) is 0. The molecule has 1 atom stereocenters. The topological polar surface area (TPSA) is 59.3 Å². The smallest absolute Gasteiger partial charge is 0.311 e. The zero-order valence-corrected chi connectivity index (χ0v) is 7.63. The van der Waals surface area contributed by atoms with Crippen LogP contribution in [0.3, 0.4) is 0 Å². The van der Waals surface area contributed by atoms with Crippen LogP contribution in [-0.2, 0) is 13.6 Å². The zero-order valence-electron chi connectivity index (χ0n) is 6.74. The lowest BCUT2D eigenvalue weighted by atomic mass is 10.5. The summed E-state index contributed by atoms with van der Waals surface area (Å²) in [6, 6.07) is 1.76. The van der Waals surface area contributed by atoms with Gasteiger partial charge in [-0.3, -0.25) is 4.57 Å². The monoisotopic (exact) mass is 177 g/mol. The summed E-state index contributed by atoms with van der Waals surface area (Å²) < 4.78 is 20.7. The van der Waals surface area contributed by atoms with E-state index >= 15 is 0 Å². The van der Waals surface area contributed by atoms with E-state index in [1.54, 1.807) is 6.07 Å². The molecule has 0 saturated carbocycles. The fourth-order valence-electron chi connectivity index (χ4n) is 0.480. The van der Waals surface area contributed by atoms with Crippen LogP contribution in [0.25, 0.3) is 0 Å². The molecule has 0 aliphatic rings. The standard InChI is InChI=1S/C6H12NO3P/c1-3-5-10-11(8,9-2)6-4-7/h3,5-6H2,1-2H3. The van der Waals surface area contributed by atoms with Crippen molar-refractivity contribution in [2.45, 2.75) is 13.3 Å². The van der Waals surface area contributed by atoms with Gasteiger partial charge in [-0.2, -0.15) is 5.26 Å². The summed E-state index contributed by atoms with van der Waals surface area (Å²) in [6.07, 6.45) is 0.586. The van der Waals surface area contributed by atoms with Gasteiger partial charge in [-0.25, -0.2) is 0 Å². The number of nitriles is 1. The molecule has 0 aromatic heterocycles. The Hall–Kier alpha value is -0.360. The molecule has 4 nitrogen and oxygen atoms in total. The van der Waals surface area contributed by atoms with E-state index in [4.69, 9.17) is 9.79 Å². The third kappa shape index (κ3) is 4.15. The van der Waals surface area contributed by atoms with Crippen LogP contribution in [0.2, 0.25) is 0 Å². The summed E-state index contributed by atoms with van der Waals surface area (Å²) in [5, 5.41) is 8.25. The first-order chi connectivity index (χ1) is 5.18. The van der Waals surface area contributed by atoms with E-state index in [2.05, 4.69) is 4.52 Å². The molecule has 11 heavy (non-hydrogen) atoms. The van der Waals surface area contributed by atoms with E-state index < -0.39 is 7.60 Å². The van der Waals surface area contributed by atoms with Crippen LogP contribution < -0.4 is 0 Å². The molecule has 0 radical (unpaired) electrons. The third-order valence-electron chi connectivity index (χ3n) is 1.03. The molecule has 0 aliphatic carbocycles. The van der Waals surface area contributed by atoms with Crippen LogP contribution in [0, 0.1) is 11.3 Å². The van der Waals surface area contributed by atoms with Gasteiger partial charge in [-0.1, -0.05) is 6.92 Å². The normalized spacial score (nSPS) is 15.4. The van der Waals surface area contributed by atoms with E-state index in [1.807, 2.05) is 6.92 Å². The van der Waals surface area contributed by atoms with Crippen molar-refractivity contribution in [1.82, 2.24) is 0 Å². The Morgan fingerprint density at radius 2 is 2.27 bits per heavy atom. The van der Waals surface area contributed by atoms with Crippen LogP contribution in [0.15, 0.2) is 0 Å². The van der Waals surface area contributed by atoms with Gasteiger partial charge in [-0.05, 0) is 6.42 Å². The highest BCUT2D eigenvalue weighted by Crippen LogP contribution is 2.46. The van der Waals surface area contributed by atoms with Crippen molar-refractivity contribution in [2.24, 2.45) is 0 Å². The number of hydrogen-bond acceptors (Lipinski definition) is 4. The SMILES string of the molecule is CCCOP(=O)(CC#N)OC. The fraction of sp³-hybridized carbons (Fsp3) is 0.833. The second kappa shape index (κ2) is 5.31. The van der Waals surface area contributed by atoms with Crippen LogP contribution >= 0.6 is 7.60 Å². The van der Waals surface area contributed by atoms with Gasteiger partial charge in [0.1, 0.15) is 6.16 Å². The summed E-state index contributed by atoms with van der Waals surface area (Å²) in [6.45, 7) is 2.26. The highest BCUT2D eigenvalue weighted by Gasteiger charge is 2.21. The first kappa shape index (κ1) is 10.6. The predicted molar refractivity (Wildman–Crippen MR) is 41.3 cm³/mol. The maximum Gasteiger partial charge on any atom is 0.344 e. The molecule has 0 spiro atoms. The van der Waals surface area contributed by atoms with Crippen molar-refractivity contribution in [1.29, 1.82) is 5.26 Å². The van der Waals surface area contributed by atoms with Crippen molar-refractivity contribution < 1.29 is 13.6 Å². The summed E-state index contributed by atoms with van der Waals surface area (Å²) in [5.74, 6) is 0. The van der Waals surface area contributed by atoms with Gasteiger partial charge in [0.15, 0.2) is 0 Å². The summed E-state index contributed by atoms with van der Waals surface area (Å²) >= 11 is 0. The van der Waals surface area contributed by atoms with E-state index in [0.29, 0.717) is 6.61 Å². The second-order valence-electron chi connectivity index (χ2n) is 1.94. The van der Waals surface area contributed by atoms with Gasteiger partial charge in [0, 0.05) is 7.11 Å². The molecular formula is C6H12NO3P. The minimum absolute atomic E-state index is 0.177. The molecule has 0 fully saturated rings. The maximum atomic E-state index is 11.3. The second-order valence-corrected chi connectivity index (χ2v) is 4.10. The van der Waals surface area contributed by atoms with Crippen LogP contribution in [0.5, 0.6) is 0 Å². The van der Waals surface area contributed by atoms with Gasteiger partial charge in [0.2, 0.25) is 0 Å². The molecule has 0 amide bonds. The van der Waals surface area contributed by atoms with Gasteiger partial charge >= 0.3 is 7.60 Å². The Bertz CT molecular complexity index is 187. The number of rotatable bonds is 5. The Labute approximate surface area is 66.6 Å². The third-order valence-corrected chi connectivity index (χ3v) is 2.70. The largest absolute Gasteiger partial charge is 0.344 e. The Kier molecular flexibility index (Phi) is 5.14. The molecular weight excluding hydrogens is 165 g/mol. The van der Waals surface area contributed by atoms with E-state index in [0.717, 1.165) is 6.42 Å². The average Bonchev–Trinajstić information content (AvgIpc) is 2.02. The van der Waals surface area contributed by atoms with Gasteiger partial charge < -0.3 is 9.05 Å². The molecule has 0 aromatic rings. The molecule has 0 N–H and O–H groups in total. The van der Waals surface area contributed by atoms with E-state index in [-0.39, 0.29) is 6.16 Å². The van der Waals surface area contributed by atoms with E-state index in [9.17, 15) is 4.57 Å². The lowest BCUT2D eigenvalue weighted by Gasteiger charge is -2.11. The van der Waals surface area contributed by atoms with Gasteiger partial charge in [0.05, 0.1) is 12.7 Å². The number of hydrogen-bond donors (Lipinski definition) is 0. The van der Waals surface area contributed by atoms with E-state index in [1.165, 1.54) is 7.11 Å². The summed E-state index contributed by atoms with van der Waals surface area (Å²) in [5.41, 5.74) is 0. The Balaban J connectivity index is 3.92. The predicted octanol–water partition coefficient (Wildman–Crippen LogP) is 1.78. The average molecular weight is 177 g/mol. The van der Waals surface area contributed by atoms with Crippen molar-refractivity contribution >= 4 is 7.60 Å². The first-order valence-electron chi connectivity index (χ1n) is 3.35. The quantitative estimate of drug-likeness (QED) is 0.600. The Morgan fingerprint density at radius 1 is 1.64 bits per heavy atom. The first-order valence-corrected chi connectivity index (χ1v) is 5.07. The molecule has 0 heterocycles. The lowest BCUT2D eigenvalue weighted by Crippen LogP contribution is -1.96. The molecule has 0 rings (SSSR count). The highest BCUT2D eigenvalue weighted by atomic mass is 31.2. The van der Waals surface area contributed by atoms with Crippen molar-refractivity contribution in [3.63, 3.8) is 0 Å². The van der Waals surface area contributed by atoms with Crippen LogP contribution in [-0.4, -0.2) is 19.9 Å².